The van der Waals surface area contributed by atoms with Gasteiger partial charge >= 0.3 is 0 Å². The van der Waals surface area contributed by atoms with Gasteiger partial charge in [-0.05, 0) is 60.2 Å². The number of likely N-dealkylation sites (N-methyl/N-ethyl adjacent to an activating group) is 1. The number of allylic oxidation sites excluding steroid dienone is 2. The highest BCUT2D eigenvalue weighted by molar-refractivity contribution is 6.19. The molecule has 6 nitrogen and oxygen atoms in total. The van der Waals surface area contributed by atoms with Crippen molar-refractivity contribution in [3.8, 4) is 34.2 Å². The highest BCUT2D eigenvalue weighted by Gasteiger charge is 2.21. The molecule has 57 heavy (non-hydrogen) atoms. The van der Waals surface area contributed by atoms with Gasteiger partial charge in [-0.15, -0.1) is 0 Å². The van der Waals surface area contributed by atoms with Crippen LogP contribution in [0.1, 0.15) is 11.4 Å². The summed E-state index contributed by atoms with van der Waals surface area (Å²) >= 11 is 0. The Labute approximate surface area is 330 Å². The molecule has 10 aromatic rings. The van der Waals surface area contributed by atoms with E-state index in [0.717, 1.165) is 44.8 Å². The molecular formula is C51H36N6. The largest absolute Gasteiger partial charge is 0.370 e. The van der Waals surface area contributed by atoms with E-state index in [2.05, 4.69) is 185 Å². The van der Waals surface area contributed by atoms with Crippen LogP contribution in [-0.2, 0) is 0 Å². The van der Waals surface area contributed by atoms with Crippen molar-refractivity contribution in [1.29, 1.82) is 0 Å². The first-order valence-electron chi connectivity index (χ1n) is 19.3. The lowest BCUT2D eigenvalue weighted by molar-refractivity contribution is 0.537. The van der Waals surface area contributed by atoms with Gasteiger partial charge in [0.1, 0.15) is 0 Å². The van der Waals surface area contributed by atoms with Gasteiger partial charge in [-0.2, -0.15) is 0 Å². The number of hydrogen-bond donors (Lipinski definition) is 0. The Bertz CT molecular complexity index is 3210. The van der Waals surface area contributed by atoms with Crippen molar-refractivity contribution in [2.75, 3.05) is 13.6 Å². The van der Waals surface area contributed by atoms with Gasteiger partial charge < -0.3 is 14.0 Å². The van der Waals surface area contributed by atoms with E-state index in [4.69, 9.17) is 15.0 Å². The van der Waals surface area contributed by atoms with Gasteiger partial charge in [-0.3, -0.25) is 0 Å². The van der Waals surface area contributed by atoms with Crippen molar-refractivity contribution in [1.82, 2.24) is 29.0 Å². The summed E-state index contributed by atoms with van der Waals surface area (Å²) in [5.74, 6) is 1.96. The molecule has 0 saturated heterocycles. The third kappa shape index (κ3) is 5.53. The quantitative estimate of drug-likeness (QED) is 0.171. The van der Waals surface area contributed by atoms with Crippen molar-refractivity contribution >= 4 is 54.9 Å². The molecule has 0 N–H and O–H groups in total. The number of rotatable bonds is 6. The standard InChI is InChI=1S/C51H36N6/c1-55-33-37(28-29-44(55)34-16-5-2-6-17-34)51-53-49(35-18-7-3-8-19-35)52-50(54-51)36-20-15-23-39(30-36)57-46-27-14-12-25-41(46)43-31-42-40-24-11-13-26-45(40)56(47(42)32-48(43)57)38-21-9-4-10-22-38/h2-32H,33H2,1H3. The highest BCUT2D eigenvalue weighted by Crippen LogP contribution is 2.40. The zero-order valence-corrected chi connectivity index (χ0v) is 31.3. The minimum absolute atomic E-state index is 0.634. The lowest BCUT2D eigenvalue weighted by Crippen LogP contribution is -2.22. The number of aromatic nitrogens is 5. The molecule has 1 aliphatic rings. The summed E-state index contributed by atoms with van der Waals surface area (Å²) in [6.07, 6.45) is 4.32. The highest BCUT2D eigenvalue weighted by atomic mass is 15.1. The van der Waals surface area contributed by atoms with Crippen LogP contribution in [0.3, 0.4) is 0 Å². The Balaban J connectivity index is 1.10. The van der Waals surface area contributed by atoms with Crippen molar-refractivity contribution < 1.29 is 0 Å². The van der Waals surface area contributed by atoms with E-state index >= 15 is 0 Å². The van der Waals surface area contributed by atoms with Crippen molar-refractivity contribution in [3.63, 3.8) is 0 Å². The van der Waals surface area contributed by atoms with Gasteiger partial charge in [-0.25, -0.2) is 15.0 Å². The maximum Gasteiger partial charge on any atom is 0.164 e. The second-order valence-corrected chi connectivity index (χ2v) is 14.6. The Morgan fingerprint density at radius 1 is 0.386 bits per heavy atom. The fourth-order valence-electron chi connectivity index (χ4n) is 8.48. The van der Waals surface area contributed by atoms with E-state index in [1.54, 1.807) is 0 Å². The van der Waals surface area contributed by atoms with Gasteiger partial charge in [0.05, 0.1) is 22.1 Å². The third-order valence-electron chi connectivity index (χ3n) is 11.1. The summed E-state index contributed by atoms with van der Waals surface area (Å²) in [4.78, 5) is 17.6. The Morgan fingerprint density at radius 2 is 0.895 bits per heavy atom. The number of benzene rings is 7. The molecule has 1 aliphatic heterocycles. The lowest BCUT2D eigenvalue weighted by atomic mass is 10.0. The smallest absolute Gasteiger partial charge is 0.164 e. The average Bonchev–Trinajstić information content (AvgIpc) is 3.78. The Hall–Kier alpha value is -7.57. The van der Waals surface area contributed by atoms with Gasteiger partial charge in [0.15, 0.2) is 17.5 Å². The van der Waals surface area contributed by atoms with E-state index in [1.165, 1.54) is 38.1 Å². The zero-order chi connectivity index (χ0) is 37.9. The van der Waals surface area contributed by atoms with Gasteiger partial charge in [0, 0.05) is 68.9 Å². The summed E-state index contributed by atoms with van der Waals surface area (Å²) in [5, 5.41) is 4.90. The van der Waals surface area contributed by atoms with Crippen LogP contribution in [0.15, 0.2) is 188 Å². The van der Waals surface area contributed by atoms with Crippen LogP contribution in [-0.4, -0.2) is 42.6 Å². The van der Waals surface area contributed by atoms with Crippen molar-refractivity contribution in [2.24, 2.45) is 0 Å². The molecular weight excluding hydrogens is 697 g/mol. The Morgan fingerprint density at radius 3 is 1.54 bits per heavy atom. The maximum absolute atomic E-state index is 5.18. The number of para-hydroxylation sites is 3. The van der Waals surface area contributed by atoms with E-state index in [9.17, 15) is 0 Å². The van der Waals surface area contributed by atoms with E-state index in [1.807, 2.05) is 24.3 Å². The van der Waals surface area contributed by atoms with Crippen LogP contribution in [0.4, 0.5) is 0 Å². The topological polar surface area (TPSA) is 51.8 Å². The van der Waals surface area contributed by atoms with Gasteiger partial charge in [-0.1, -0.05) is 133 Å². The predicted molar refractivity (Wildman–Crippen MR) is 234 cm³/mol. The molecule has 6 heteroatoms. The molecule has 7 aromatic carbocycles. The fraction of sp³-hybridized carbons (Fsp3) is 0.0392. The molecule has 4 heterocycles. The summed E-state index contributed by atoms with van der Waals surface area (Å²) in [6, 6.07) is 62.1. The summed E-state index contributed by atoms with van der Waals surface area (Å²) < 4.78 is 4.77. The van der Waals surface area contributed by atoms with Crippen LogP contribution in [0.25, 0.3) is 89.0 Å². The average molecular weight is 733 g/mol. The normalized spacial score (nSPS) is 13.1. The zero-order valence-electron chi connectivity index (χ0n) is 31.3. The first-order valence-corrected chi connectivity index (χ1v) is 19.3. The molecule has 0 unspecified atom stereocenters. The van der Waals surface area contributed by atoms with Gasteiger partial charge in [0.25, 0.3) is 0 Å². The SMILES string of the molecule is CN1CC(c2nc(-c3ccccc3)nc(-c3cccc(-n4c5ccccc5c5cc6c7ccccc7n(-c7ccccc7)c6cc54)c3)n2)=CC=C1c1ccccc1. The van der Waals surface area contributed by atoms with E-state index in [0.29, 0.717) is 24.0 Å². The van der Waals surface area contributed by atoms with Gasteiger partial charge in [0.2, 0.25) is 0 Å². The molecule has 0 radical (unpaired) electrons. The van der Waals surface area contributed by atoms with Crippen LogP contribution in [0.5, 0.6) is 0 Å². The van der Waals surface area contributed by atoms with E-state index < -0.39 is 0 Å². The number of fused-ring (bicyclic) bond motifs is 6. The van der Waals surface area contributed by atoms with Crippen molar-refractivity contribution in [2.45, 2.75) is 0 Å². The minimum Gasteiger partial charge on any atom is -0.370 e. The molecule has 0 bridgehead atoms. The molecule has 0 aliphatic carbocycles. The number of nitrogens with zero attached hydrogens (tertiary/aromatic N) is 6. The summed E-state index contributed by atoms with van der Waals surface area (Å²) in [6.45, 7) is 0.675. The minimum atomic E-state index is 0.634. The first kappa shape index (κ1) is 32.8. The molecule has 0 spiro atoms. The molecule has 0 amide bonds. The predicted octanol–water partition coefficient (Wildman–Crippen LogP) is 11.8. The number of hydrogen-bond acceptors (Lipinski definition) is 4. The van der Waals surface area contributed by atoms with Crippen molar-refractivity contribution in [3.05, 3.63) is 199 Å². The summed E-state index contributed by atoms with van der Waals surface area (Å²) in [7, 11) is 2.12. The monoisotopic (exact) mass is 732 g/mol. The van der Waals surface area contributed by atoms with Crippen LogP contribution < -0.4 is 0 Å². The summed E-state index contributed by atoms with van der Waals surface area (Å²) in [5.41, 5.74) is 12.1. The molecule has 0 saturated carbocycles. The second kappa shape index (κ2) is 13.3. The molecule has 11 rings (SSSR count). The maximum atomic E-state index is 5.18. The molecule has 0 fully saturated rings. The third-order valence-corrected chi connectivity index (χ3v) is 11.1. The molecule has 270 valence electrons. The molecule has 0 atom stereocenters. The first-order chi connectivity index (χ1) is 28.2. The lowest BCUT2D eigenvalue weighted by Gasteiger charge is -2.27. The Kier molecular flexibility index (Phi) is 7.67. The van der Waals surface area contributed by atoms with E-state index in [-0.39, 0.29) is 0 Å². The van der Waals surface area contributed by atoms with Crippen LogP contribution in [0.2, 0.25) is 0 Å². The molecule has 3 aromatic heterocycles. The van der Waals surface area contributed by atoms with Crippen LogP contribution >= 0.6 is 0 Å². The van der Waals surface area contributed by atoms with Crippen LogP contribution in [0, 0.1) is 0 Å². The fourth-order valence-corrected chi connectivity index (χ4v) is 8.48. The second-order valence-electron chi connectivity index (χ2n) is 14.6.